The Morgan fingerprint density at radius 2 is 0.677 bits per heavy atom. The molecule has 0 heterocycles. The first-order valence-electron chi connectivity index (χ1n) is 15.1. The molecule has 0 aromatic heterocycles. The van der Waals surface area contributed by atoms with Gasteiger partial charge >= 0.3 is 62.4 Å². The van der Waals surface area contributed by atoms with E-state index in [9.17, 15) is 125 Å². The molecular formula is C30H17BF24O5P2. The molecule has 0 aliphatic carbocycles. The number of Topliss-reactive ketones (excluding diaryl/α,β-unsaturated/α-hetero) is 2. The molecule has 0 fully saturated rings. The van der Waals surface area contributed by atoms with Gasteiger partial charge in [-0.2, -0.15) is 26.3 Å². The molecule has 5 nitrogen and oxygen atoms in total. The number of rotatable bonds is 8. The molecule has 3 aromatic carbocycles. The second-order valence-corrected chi connectivity index (χ2v) is 18.4. The molecule has 0 atom stereocenters. The van der Waals surface area contributed by atoms with Gasteiger partial charge in [-0.25, -0.2) is 0 Å². The average molecular weight is 986 g/mol. The Labute approximate surface area is 330 Å². The van der Waals surface area contributed by atoms with Crippen LogP contribution in [-0.4, -0.2) is 66.7 Å². The number of alkyl halides is 24. The number of benzene rings is 3. The molecule has 0 radical (unpaired) electrons. The van der Waals surface area contributed by atoms with Gasteiger partial charge < -0.3 is 14.7 Å². The van der Waals surface area contributed by atoms with Crippen LogP contribution in [-0.2, 0) is 12.4 Å². The highest BCUT2D eigenvalue weighted by atomic mass is 31.2. The van der Waals surface area contributed by atoms with Crippen LogP contribution in [0.3, 0.4) is 0 Å². The smallest absolute Gasteiger partial charge is 0.529 e. The van der Waals surface area contributed by atoms with E-state index in [1.807, 2.05) is 0 Å². The van der Waals surface area contributed by atoms with E-state index in [0.29, 0.717) is 0 Å². The van der Waals surface area contributed by atoms with Crippen LogP contribution in [0.2, 0.25) is 0 Å². The number of halogens is 24. The van der Waals surface area contributed by atoms with Crippen molar-refractivity contribution >= 4 is 33.4 Å². The molecular weight excluding hydrogens is 969 g/mol. The zero-order chi connectivity index (χ0) is 48.9. The van der Waals surface area contributed by atoms with Gasteiger partial charge in [0.1, 0.15) is 19.6 Å². The van der Waals surface area contributed by atoms with Gasteiger partial charge in [0.2, 0.25) is 11.6 Å². The van der Waals surface area contributed by atoms with Crippen molar-refractivity contribution in [3.8, 4) is 5.75 Å². The number of carbonyl (C=O) groups excluding carboxylic acids is 2. The van der Waals surface area contributed by atoms with E-state index in [4.69, 9.17) is 0 Å². The Hall–Kier alpha value is -4.04. The third kappa shape index (κ3) is 13.5. The second kappa shape index (κ2) is 19.4. The lowest BCUT2D eigenvalue weighted by atomic mass is 10.1. The van der Waals surface area contributed by atoms with Crippen LogP contribution >= 0.6 is 14.5 Å². The molecule has 348 valence electrons. The Morgan fingerprint density at radius 1 is 0.435 bits per heavy atom. The zero-order valence-corrected chi connectivity index (χ0v) is 30.8. The van der Waals surface area contributed by atoms with Crippen molar-refractivity contribution in [2.75, 3.05) is 12.3 Å². The normalized spacial score (nSPS) is 13.6. The van der Waals surface area contributed by atoms with E-state index in [0.717, 1.165) is 48.5 Å². The van der Waals surface area contributed by atoms with Crippen LogP contribution in [0.25, 0.3) is 0 Å². The standard InChI is InChI=1S/2C11H7F9OP.C8H3BF6O3/c2*12-9(13,14)22(10(15,16)17,11(18,19)20)6-8(21)7-4-2-1-3-5-7;10-7(11,12)4-1-5(8(13,14)15)3-6(2-4)18-9(16)17/h2*1-5H,6H2;1-3H/q2*+1;-2. The predicted molar refractivity (Wildman–Crippen MR) is 164 cm³/mol. The molecule has 0 N–H and O–H groups in total. The fourth-order valence-electron chi connectivity index (χ4n) is 4.37. The third-order valence-corrected chi connectivity index (χ3v) is 14.1. The van der Waals surface area contributed by atoms with E-state index in [-0.39, 0.29) is 18.2 Å². The summed E-state index contributed by atoms with van der Waals surface area (Å²) in [7, 11) is -18.3. The minimum absolute atomic E-state index is 0.141. The van der Waals surface area contributed by atoms with Gasteiger partial charge in [0.15, 0.2) is 0 Å². The SMILES string of the molecule is O=C(C[P+](C(F)(F)F)(C(F)(F)F)C(F)(F)F)c1ccccc1.O=C(C[P+](C(F)(F)F)(C(F)(F)F)C(F)(F)F)c1ccccc1.[O-]B([O-])Oc1cc(C(F)(F)F)cc(C(F)(F)F)c1. The van der Waals surface area contributed by atoms with Crippen molar-refractivity contribution in [3.63, 3.8) is 0 Å². The van der Waals surface area contributed by atoms with E-state index in [2.05, 4.69) is 4.65 Å². The summed E-state index contributed by atoms with van der Waals surface area (Å²) in [5.41, 5.74) is -4.62. The molecule has 0 bridgehead atoms. The van der Waals surface area contributed by atoms with Crippen molar-refractivity contribution in [3.05, 3.63) is 101 Å². The first-order chi connectivity index (χ1) is 27.5. The number of hydrogen-bond donors (Lipinski definition) is 0. The van der Waals surface area contributed by atoms with Crippen LogP contribution in [0.1, 0.15) is 31.8 Å². The lowest BCUT2D eigenvalue weighted by Gasteiger charge is -2.29. The average Bonchev–Trinajstić information content (AvgIpc) is 3.06. The Morgan fingerprint density at radius 3 is 0.871 bits per heavy atom. The van der Waals surface area contributed by atoms with E-state index in [1.165, 1.54) is 12.1 Å². The lowest BCUT2D eigenvalue weighted by Crippen LogP contribution is -2.50. The summed E-state index contributed by atoms with van der Waals surface area (Å²) in [5, 5.41) is 20.2. The van der Waals surface area contributed by atoms with Gasteiger partial charge in [0.05, 0.1) is 16.9 Å². The summed E-state index contributed by atoms with van der Waals surface area (Å²) in [6.07, 6.45) is -15.5. The second-order valence-electron chi connectivity index (χ2n) is 11.5. The molecule has 0 saturated heterocycles. The monoisotopic (exact) mass is 986 g/mol. The van der Waals surface area contributed by atoms with Gasteiger partial charge in [0, 0.05) is 11.1 Å². The highest BCUT2D eigenvalue weighted by Crippen LogP contribution is 2.88. The quantitative estimate of drug-likeness (QED) is 0.0971. The largest absolute Gasteiger partial charge is 0.860 e. The Kier molecular flexibility index (Phi) is 17.5. The summed E-state index contributed by atoms with van der Waals surface area (Å²) in [6, 6.07) is 10.6. The highest BCUT2D eigenvalue weighted by Gasteiger charge is 2.94. The molecule has 0 aliphatic heterocycles. The molecule has 32 heteroatoms. The number of hydrogen-bond acceptors (Lipinski definition) is 5. The van der Waals surface area contributed by atoms with Crippen LogP contribution < -0.4 is 14.7 Å². The lowest BCUT2D eigenvalue weighted by molar-refractivity contribution is -0.372. The zero-order valence-electron chi connectivity index (χ0n) is 29.0. The molecule has 0 aliphatic rings. The number of carbonyl (C=O) groups is 2. The number of ketones is 2. The maximum atomic E-state index is 12.7. The first-order valence-corrected chi connectivity index (χ1v) is 19.0. The minimum Gasteiger partial charge on any atom is -0.860 e. The molecule has 0 saturated carbocycles. The van der Waals surface area contributed by atoms with Gasteiger partial charge in [-0.15, -0.1) is 79.0 Å². The van der Waals surface area contributed by atoms with Crippen molar-refractivity contribution in [2.45, 2.75) is 47.9 Å². The topological polar surface area (TPSA) is 89.5 Å². The van der Waals surface area contributed by atoms with Crippen molar-refractivity contribution in [2.24, 2.45) is 0 Å². The van der Waals surface area contributed by atoms with Crippen molar-refractivity contribution < 1.29 is 130 Å². The highest BCUT2D eigenvalue weighted by molar-refractivity contribution is 7.79. The molecule has 3 rings (SSSR count). The van der Waals surface area contributed by atoms with Gasteiger partial charge in [0.25, 0.3) is 0 Å². The molecule has 0 unspecified atom stereocenters. The molecule has 0 amide bonds. The van der Waals surface area contributed by atoms with Gasteiger partial charge in [-0.3, -0.25) is 9.59 Å². The summed E-state index contributed by atoms with van der Waals surface area (Å²) >= 11 is 0. The summed E-state index contributed by atoms with van der Waals surface area (Å²) in [4.78, 5) is 23.1. The van der Waals surface area contributed by atoms with Crippen LogP contribution in [0.5, 0.6) is 5.75 Å². The van der Waals surface area contributed by atoms with Crippen LogP contribution in [0.15, 0.2) is 78.9 Å². The first kappa shape index (κ1) is 56.0. The summed E-state index contributed by atoms with van der Waals surface area (Å²) in [5.74, 6) is -44.5. The van der Waals surface area contributed by atoms with Crippen LogP contribution in [0, 0.1) is 0 Å². The van der Waals surface area contributed by atoms with E-state index < -0.39 is 122 Å². The molecule has 0 spiro atoms. The molecule has 3 aromatic rings. The molecule has 62 heavy (non-hydrogen) atoms. The summed E-state index contributed by atoms with van der Waals surface area (Å²) < 4.78 is 306. The van der Waals surface area contributed by atoms with Gasteiger partial charge in [-0.05, 0) is 18.2 Å². The fourth-order valence-corrected chi connectivity index (χ4v) is 8.39. The summed E-state index contributed by atoms with van der Waals surface area (Å²) in [6.45, 7) is 0. The van der Waals surface area contributed by atoms with Crippen molar-refractivity contribution in [1.82, 2.24) is 0 Å². The third-order valence-electron chi connectivity index (χ3n) is 7.34. The van der Waals surface area contributed by atoms with Crippen LogP contribution in [0.4, 0.5) is 105 Å². The van der Waals surface area contributed by atoms with E-state index in [1.54, 1.807) is 0 Å². The van der Waals surface area contributed by atoms with Crippen molar-refractivity contribution in [1.29, 1.82) is 0 Å². The predicted octanol–water partition coefficient (Wildman–Crippen LogP) is 11.7. The minimum atomic E-state index is -7.62. The maximum absolute atomic E-state index is 12.7. The fraction of sp³-hybridized carbons (Fsp3) is 0.333. The van der Waals surface area contributed by atoms with E-state index >= 15 is 0 Å². The maximum Gasteiger partial charge on any atom is 0.529 e. The Balaban J connectivity index is 0.000000468. The Bertz CT molecular complexity index is 1730. The van der Waals surface area contributed by atoms with Gasteiger partial charge in [-0.1, -0.05) is 60.7 Å².